The Morgan fingerprint density at radius 2 is 1.73 bits per heavy atom. The quantitative estimate of drug-likeness (QED) is 0.598. The van der Waals surface area contributed by atoms with Crippen molar-refractivity contribution >= 4 is 17.5 Å². The molecule has 1 aliphatic rings. The minimum absolute atomic E-state index is 0.0630. The number of amides is 2. The normalized spacial score (nSPS) is 12.9. The minimum Gasteiger partial charge on any atom is -0.508 e. The van der Waals surface area contributed by atoms with E-state index in [4.69, 9.17) is 9.84 Å². The van der Waals surface area contributed by atoms with Crippen LogP contribution in [0.15, 0.2) is 67.0 Å². The van der Waals surface area contributed by atoms with Gasteiger partial charge in [-0.05, 0) is 50.5 Å². The lowest BCUT2D eigenvalue weighted by molar-refractivity contribution is -0.132. The number of phenolic OH excluding ortho intramolecular Hbond substituents is 1. The first-order valence-electron chi connectivity index (χ1n) is 11.0. The number of para-hydroxylation sites is 1. The van der Waals surface area contributed by atoms with Gasteiger partial charge >= 0.3 is 0 Å². The molecule has 4 rings (SSSR count). The number of nitrogens with zero attached hydrogens (tertiary/aromatic N) is 3. The van der Waals surface area contributed by atoms with Gasteiger partial charge in [0.2, 0.25) is 5.91 Å². The SMILES string of the molecule is Cc1ccc(O)cc1.O=C(COc1ccccc1)Nc1cnn(CC(=O)N2CCCCC2)c1. The highest BCUT2D eigenvalue weighted by atomic mass is 16.5. The van der Waals surface area contributed by atoms with Gasteiger partial charge in [-0.1, -0.05) is 35.9 Å². The number of aromatic hydroxyl groups is 1. The highest BCUT2D eigenvalue weighted by Gasteiger charge is 2.17. The van der Waals surface area contributed by atoms with E-state index in [1.807, 2.05) is 42.2 Å². The zero-order valence-corrected chi connectivity index (χ0v) is 18.8. The summed E-state index contributed by atoms with van der Waals surface area (Å²) < 4.78 is 6.94. The van der Waals surface area contributed by atoms with Crippen LogP contribution in [0.3, 0.4) is 0 Å². The van der Waals surface area contributed by atoms with Crippen molar-refractivity contribution in [3.63, 3.8) is 0 Å². The summed E-state index contributed by atoms with van der Waals surface area (Å²) in [5, 5.41) is 15.6. The second kappa shape index (κ2) is 12.3. The van der Waals surface area contributed by atoms with Crippen molar-refractivity contribution in [1.82, 2.24) is 14.7 Å². The van der Waals surface area contributed by atoms with Crippen LogP contribution in [0.2, 0.25) is 0 Å². The smallest absolute Gasteiger partial charge is 0.262 e. The number of rotatable bonds is 6. The molecule has 0 saturated carbocycles. The molecule has 0 spiro atoms. The summed E-state index contributed by atoms with van der Waals surface area (Å²) >= 11 is 0. The van der Waals surface area contributed by atoms with Gasteiger partial charge in [0.15, 0.2) is 6.61 Å². The van der Waals surface area contributed by atoms with E-state index in [1.165, 1.54) is 18.2 Å². The molecule has 0 aliphatic carbocycles. The molecule has 8 heteroatoms. The second-order valence-electron chi connectivity index (χ2n) is 7.85. The molecule has 0 unspecified atom stereocenters. The third-order valence-corrected chi connectivity index (χ3v) is 5.07. The van der Waals surface area contributed by atoms with Crippen molar-refractivity contribution in [3.05, 3.63) is 72.6 Å². The first-order valence-corrected chi connectivity index (χ1v) is 11.0. The minimum atomic E-state index is -0.272. The van der Waals surface area contributed by atoms with Gasteiger partial charge in [-0.15, -0.1) is 0 Å². The Kier molecular flexibility index (Phi) is 8.88. The molecule has 0 bridgehead atoms. The summed E-state index contributed by atoms with van der Waals surface area (Å²) in [6.45, 7) is 3.73. The van der Waals surface area contributed by atoms with Crippen LogP contribution in [0, 0.1) is 6.92 Å². The molecular weight excluding hydrogens is 420 g/mol. The van der Waals surface area contributed by atoms with E-state index in [0.29, 0.717) is 17.2 Å². The average Bonchev–Trinajstić information content (AvgIpc) is 3.27. The molecule has 2 heterocycles. The molecule has 0 radical (unpaired) electrons. The number of phenols is 1. The first kappa shape index (κ1) is 23.8. The van der Waals surface area contributed by atoms with E-state index in [2.05, 4.69) is 10.4 Å². The number of likely N-dealkylation sites (tertiary alicyclic amines) is 1. The van der Waals surface area contributed by atoms with Gasteiger partial charge in [-0.3, -0.25) is 14.3 Å². The predicted molar refractivity (Wildman–Crippen MR) is 126 cm³/mol. The molecule has 2 amide bonds. The summed E-state index contributed by atoms with van der Waals surface area (Å²) in [5.74, 6) is 0.759. The molecular formula is C25H30N4O4. The Balaban J connectivity index is 0.000000323. The van der Waals surface area contributed by atoms with Crippen LogP contribution in [0.1, 0.15) is 24.8 Å². The van der Waals surface area contributed by atoms with Gasteiger partial charge in [-0.2, -0.15) is 5.10 Å². The van der Waals surface area contributed by atoms with Gasteiger partial charge in [-0.25, -0.2) is 0 Å². The highest BCUT2D eigenvalue weighted by molar-refractivity contribution is 5.91. The van der Waals surface area contributed by atoms with Crippen LogP contribution >= 0.6 is 0 Å². The number of piperidine rings is 1. The van der Waals surface area contributed by atoms with Crippen molar-refractivity contribution in [2.75, 3.05) is 25.0 Å². The lowest BCUT2D eigenvalue weighted by Crippen LogP contribution is -2.37. The van der Waals surface area contributed by atoms with Crippen molar-refractivity contribution in [2.24, 2.45) is 0 Å². The Morgan fingerprint density at radius 1 is 1.03 bits per heavy atom. The topological polar surface area (TPSA) is 96.7 Å². The number of carbonyl (C=O) groups is 2. The lowest BCUT2D eigenvalue weighted by atomic mass is 10.1. The van der Waals surface area contributed by atoms with Crippen LogP contribution in [-0.2, 0) is 16.1 Å². The predicted octanol–water partition coefficient (Wildman–Crippen LogP) is 3.61. The number of aromatic nitrogens is 2. The van der Waals surface area contributed by atoms with Crippen LogP contribution in [0.5, 0.6) is 11.5 Å². The monoisotopic (exact) mass is 450 g/mol. The highest BCUT2D eigenvalue weighted by Crippen LogP contribution is 2.11. The average molecular weight is 451 g/mol. The third kappa shape index (κ3) is 8.33. The number of carbonyl (C=O) groups excluding carboxylic acids is 2. The van der Waals surface area contributed by atoms with Crippen LogP contribution in [0.25, 0.3) is 0 Å². The fourth-order valence-corrected chi connectivity index (χ4v) is 3.30. The molecule has 0 atom stereocenters. The first-order chi connectivity index (χ1) is 16.0. The van der Waals surface area contributed by atoms with E-state index < -0.39 is 0 Å². The maximum atomic E-state index is 12.2. The maximum absolute atomic E-state index is 12.2. The molecule has 174 valence electrons. The van der Waals surface area contributed by atoms with Crippen LogP contribution in [-0.4, -0.2) is 51.3 Å². The Morgan fingerprint density at radius 3 is 2.39 bits per heavy atom. The molecule has 8 nitrogen and oxygen atoms in total. The molecule has 1 fully saturated rings. The summed E-state index contributed by atoms with van der Waals surface area (Å²) in [7, 11) is 0. The molecule has 2 aromatic carbocycles. The number of ether oxygens (including phenoxy) is 1. The van der Waals surface area contributed by atoms with Crippen LogP contribution in [0.4, 0.5) is 5.69 Å². The van der Waals surface area contributed by atoms with Gasteiger partial charge in [0.25, 0.3) is 5.91 Å². The van der Waals surface area contributed by atoms with E-state index in [9.17, 15) is 9.59 Å². The van der Waals surface area contributed by atoms with Crippen molar-refractivity contribution in [2.45, 2.75) is 32.7 Å². The number of benzene rings is 2. The summed E-state index contributed by atoms with van der Waals surface area (Å²) in [6.07, 6.45) is 6.50. The summed E-state index contributed by atoms with van der Waals surface area (Å²) in [5.41, 5.74) is 1.72. The molecule has 1 aromatic heterocycles. The molecule has 33 heavy (non-hydrogen) atoms. The number of anilines is 1. The van der Waals surface area contributed by atoms with E-state index in [0.717, 1.165) is 25.9 Å². The number of hydrogen-bond acceptors (Lipinski definition) is 5. The third-order valence-electron chi connectivity index (χ3n) is 5.07. The standard InChI is InChI=1S/C18H22N4O3.C7H8O/c23-17(14-25-16-7-3-1-4-8-16)20-15-11-19-22(12-15)13-18(24)21-9-5-2-6-10-21;1-6-2-4-7(8)5-3-6/h1,3-4,7-8,11-12H,2,5-6,9-10,13-14H2,(H,20,23);2-5,8H,1H3. The van der Waals surface area contributed by atoms with E-state index >= 15 is 0 Å². The molecule has 3 aromatic rings. The van der Waals surface area contributed by atoms with Crippen molar-refractivity contribution < 1.29 is 19.4 Å². The fourth-order valence-electron chi connectivity index (χ4n) is 3.30. The van der Waals surface area contributed by atoms with Crippen molar-refractivity contribution in [3.8, 4) is 11.5 Å². The Bertz CT molecular complexity index is 991. The van der Waals surface area contributed by atoms with Gasteiger partial charge in [0.1, 0.15) is 18.0 Å². The maximum Gasteiger partial charge on any atom is 0.262 e. The van der Waals surface area contributed by atoms with E-state index in [-0.39, 0.29) is 25.0 Å². The number of nitrogens with one attached hydrogen (secondary N) is 1. The molecule has 1 aliphatic heterocycles. The molecule has 2 N–H and O–H groups in total. The zero-order chi connectivity index (χ0) is 23.5. The molecule has 1 saturated heterocycles. The van der Waals surface area contributed by atoms with Gasteiger partial charge < -0.3 is 20.1 Å². The van der Waals surface area contributed by atoms with E-state index in [1.54, 1.807) is 35.1 Å². The van der Waals surface area contributed by atoms with Crippen LogP contribution < -0.4 is 10.1 Å². The zero-order valence-electron chi connectivity index (χ0n) is 18.8. The largest absolute Gasteiger partial charge is 0.508 e. The number of hydrogen-bond donors (Lipinski definition) is 2. The van der Waals surface area contributed by atoms with Gasteiger partial charge in [0.05, 0.1) is 11.9 Å². The number of aryl methyl sites for hydroxylation is 1. The van der Waals surface area contributed by atoms with Gasteiger partial charge in [0, 0.05) is 19.3 Å². The summed E-state index contributed by atoms with van der Waals surface area (Å²) in [6, 6.07) is 16.2. The lowest BCUT2D eigenvalue weighted by Gasteiger charge is -2.26. The Hall–Kier alpha value is -3.81. The summed E-state index contributed by atoms with van der Waals surface area (Å²) in [4.78, 5) is 26.0. The second-order valence-corrected chi connectivity index (χ2v) is 7.85. The fraction of sp³-hybridized carbons (Fsp3) is 0.320. The van der Waals surface area contributed by atoms with Crippen molar-refractivity contribution in [1.29, 1.82) is 0 Å². The Labute approximate surface area is 193 Å².